The first-order valence-corrected chi connectivity index (χ1v) is 11.5. The highest BCUT2D eigenvalue weighted by molar-refractivity contribution is 5.86. The number of aromatic nitrogens is 3. The summed E-state index contributed by atoms with van der Waals surface area (Å²) in [5.74, 6) is 0. The number of aromatic amines is 1. The Morgan fingerprint density at radius 3 is 2.50 bits per heavy atom. The molecule has 5 nitrogen and oxygen atoms in total. The van der Waals surface area contributed by atoms with Crippen molar-refractivity contribution in [1.82, 2.24) is 15.2 Å². The summed E-state index contributed by atoms with van der Waals surface area (Å²) in [6, 6.07) is 30.4. The van der Waals surface area contributed by atoms with Crippen molar-refractivity contribution in [3.8, 4) is 11.1 Å². The van der Waals surface area contributed by atoms with Crippen LogP contribution in [0.5, 0.6) is 0 Å². The third-order valence-corrected chi connectivity index (χ3v) is 7.28. The Morgan fingerprint density at radius 2 is 1.62 bits per heavy atom. The van der Waals surface area contributed by atoms with Crippen LogP contribution in [0.15, 0.2) is 104 Å². The van der Waals surface area contributed by atoms with Crippen LogP contribution >= 0.6 is 0 Å². The summed E-state index contributed by atoms with van der Waals surface area (Å²) in [6.45, 7) is 0.816. The molecule has 1 atom stereocenters. The van der Waals surface area contributed by atoms with Crippen molar-refractivity contribution in [1.29, 1.82) is 0 Å². The van der Waals surface area contributed by atoms with Gasteiger partial charge in [0.05, 0.1) is 29.2 Å². The molecule has 1 aliphatic carbocycles. The van der Waals surface area contributed by atoms with Crippen LogP contribution in [0.1, 0.15) is 22.4 Å². The molecule has 34 heavy (non-hydrogen) atoms. The summed E-state index contributed by atoms with van der Waals surface area (Å²) in [5.41, 5.74) is 10.3. The second-order valence-electron chi connectivity index (χ2n) is 8.99. The van der Waals surface area contributed by atoms with Crippen molar-refractivity contribution in [3.63, 3.8) is 0 Å². The second kappa shape index (κ2) is 7.06. The van der Waals surface area contributed by atoms with Gasteiger partial charge in [-0.05, 0) is 58.7 Å². The molecule has 3 aromatic carbocycles. The zero-order valence-electron chi connectivity index (χ0n) is 18.8. The molecular weight excluding hydrogens is 418 g/mol. The van der Waals surface area contributed by atoms with Gasteiger partial charge in [-0.2, -0.15) is 5.10 Å². The SMILES string of the molecule is CN1CN(c2cccc(C3(c4ccn[nH]4)c4ccccc4-c4cnccc43)c2)c2ccccc21. The standard InChI is InChI=1S/C29H23N5/c1-33-19-34(27-12-5-4-11-26(27)33)21-8-6-7-20(17-21)29(28-14-16-31-32-28)24-10-3-2-9-22(24)23-18-30-15-13-25(23)29/h2-18H,19H2,1H3,(H,31,32). The lowest BCUT2D eigenvalue weighted by Gasteiger charge is -2.33. The van der Waals surface area contributed by atoms with E-state index < -0.39 is 5.41 Å². The quantitative estimate of drug-likeness (QED) is 0.382. The minimum Gasteiger partial charge on any atom is -0.355 e. The number of H-pyrrole nitrogens is 1. The number of anilines is 3. The maximum atomic E-state index is 4.47. The number of hydrogen-bond donors (Lipinski definition) is 1. The van der Waals surface area contributed by atoms with E-state index in [0.717, 1.165) is 12.4 Å². The Kier molecular flexibility index (Phi) is 3.97. The van der Waals surface area contributed by atoms with Crippen LogP contribution in [-0.2, 0) is 5.41 Å². The predicted molar refractivity (Wildman–Crippen MR) is 136 cm³/mol. The topological polar surface area (TPSA) is 48.0 Å². The van der Waals surface area contributed by atoms with Crippen LogP contribution in [0.3, 0.4) is 0 Å². The van der Waals surface area contributed by atoms with Crippen LogP contribution in [0.25, 0.3) is 11.1 Å². The van der Waals surface area contributed by atoms with Gasteiger partial charge in [-0.1, -0.05) is 48.5 Å². The molecule has 5 aromatic rings. The van der Waals surface area contributed by atoms with E-state index in [4.69, 9.17) is 0 Å². The van der Waals surface area contributed by atoms with E-state index >= 15 is 0 Å². The van der Waals surface area contributed by atoms with Crippen LogP contribution in [0.2, 0.25) is 0 Å². The fourth-order valence-electron chi connectivity index (χ4n) is 5.86. The average molecular weight is 442 g/mol. The zero-order valence-corrected chi connectivity index (χ0v) is 18.8. The maximum absolute atomic E-state index is 4.47. The van der Waals surface area contributed by atoms with Crippen LogP contribution in [0, 0.1) is 0 Å². The monoisotopic (exact) mass is 441 g/mol. The number of para-hydroxylation sites is 2. The molecule has 2 aromatic heterocycles. The van der Waals surface area contributed by atoms with E-state index in [0.29, 0.717) is 0 Å². The summed E-state index contributed by atoms with van der Waals surface area (Å²) in [4.78, 5) is 9.14. The Labute approximate surface area is 198 Å². The van der Waals surface area contributed by atoms with Crippen molar-refractivity contribution >= 4 is 17.1 Å². The van der Waals surface area contributed by atoms with E-state index in [1.807, 2.05) is 18.6 Å². The van der Waals surface area contributed by atoms with E-state index in [1.165, 1.54) is 44.9 Å². The number of hydrogen-bond acceptors (Lipinski definition) is 4. The molecule has 0 saturated carbocycles. The number of nitrogens with one attached hydrogen (secondary N) is 1. The highest BCUT2D eigenvalue weighted by Gasteiger charge is 2.47. The molecule has 1 unspecified atom stereocenters. The van der Waals surface area contributed by atoms with E-state index in [1.54, 1.807) is 0 Å². The largest absolute Gasteiger partial charge is 0.355 e. The van der Waals surface area contributed by atoms with Gasteiger partial charge in [0.15, 0.2) is 0 Å². The molecule has 164 valence electrons. The molecular formula is C29H23N5. The third-order valence-electron chi connectivity index (χ3n) is 7.28. The third kappa shape index (κ3) is 2.44. The van der Waals surface area contributed by atoms with Crippen LogP contribution < -0.4 is 9.80 Å². The summed E-state index contributed by atoms with van der Waals surface area (Å²) < 4.78 is 0. The molecule has 1 aliphatic heterocycles. The van der Waals surface area contributed by atoms with Gasteiger partial charge in [-0.25, -0.2) is 0 Å². The Balaban J connectivity index is 1.50. The highest BCUT2D eigenvalue weighted by Crippen LogP contribution is 2.55. The Bertz CT molecular complexity index is 1480. The summed E-state index contributed by atoms with van der Waals surface area (Å²) in [6.07, 6.45) is 5.72. The Morgan fingerprint density at radius 1 is 0.794 bits per heavy atom. The molecule has 1 N–H and O–H groups in total. The molecule has 0 saturated heterocycles. The highest BCUT2D eigenvalue weighted by atomic mass is 15.4. The van der Waals surface area contributed by atoms with Gasteiger partial charge in [-0.15, -0.1) is 0 Å². The molecule has 0 spiro atoms. The first-order chi connectivity index (χ1) is 16.8. The van der Waals surface area contributed by atoms with Gasteiger partial charge in [0.2, 0.25) is 0 Å². The van der Waals surface area contributed by atoms with Crippen molar-refractivity contribution in [3.05, 3.63) is 126 Å². The summed E-state index contributed by atoms with van der Waals surface area (Å²) >= 11 is 0. The number of fused-ring (bicyclic) bond motifs is 4. The van der Waals surface area contributed by atoms with Crippen molar-refractivity contribution in [2.24, 2.45) is 0 Å². The van der Waals surface area contributed by atoms with Gasteiger partial charge >= 0.3 is 0 Å². The lowest BCUT2D eigenvalue weighted by atomic mass is 9.70. The van der Waals surface area contributed by atoms with E-state index in [-0.39, 0.29) is 0 Å². The van der Waals surface area contributed by atoms with Crippen molar-refractivity contribution in [2.45, 2.75) is 5.41 Å². The second-order valence-corrected chi connectivity index (χ2v) is 8.99. The molecule has 5 heteroatoms. The summed E-state index contributed by atoms with van der Waals surface area (Å²) in [5, 5.41) is 7.68. The van der Waals surface area contributed by atoms with Crippen LogP contribution in [0.4, 0.5) is 17.1 Å². The molecule has 0 fully saturated rings. The zero-order chi connectivity index (χ0) is 22.7. The van der Waals surface area contributed by atoms with Crippen LogP contribution in [-0.4, -0.2) is 28.9 Å². The molecule has 0 radical (unpaired) electrons. The number of benzene rings is 3. The fraction of sp³-hybridized carbons (Fsp3) is 0.103. The molecule has 3 heterocycles. The molecule has 0 amide bonds. The first kappa shape index (κ1) is 19.1. The van der Waals surface area contributed by atoms with Gasteiger partial charge in [-0.3, -0.25) is 10.1 Å². The average Bonchev–Trinajstić information content (AvgIpc) is 3.61. The lowest BCUT2D eigenvalue weighted by molar-refractivity contribution is 0.726. The maximum Gasteiger partial charge on any atom is 0.0950 e. The fourth-order valence-corrected chi connectivity index (χ4v) is 5.86. The Hall–Kier alpha value is -4.38. The molecule has 2 aliphatic rings. The minimum atomic E-state index is -0.494. The van der Waals surface area contributed by atoms with E-state index in [9.17, 15) is 0 Å². The van der Waals surface area contributed by atoms with Crippen molar-refractivity contribution in [2.75, 3.05) is 23.5 Å². The number of rotatable bonds is 3. The lowest BCUT2D eigenvalue weighted by Crippen LogP contribution is -2.30. The predicted octanol–water partition coefficient (Wildman–Crippen LogP) is 5.71. The normalized spacial score (nSPS) is 18.0. The van der Waals surface area contributed by atoms with Crippen molar-refractivity contribution < 1.29 is 0 Å². The summed E-state index contributed by atoms with van der Waals surface area (Å²) in [7, 11) is 2.14. The minimum absolute atomic E-state index is 0.494. The van der Waals surface area contributed by atoms with Gasteiger partial charge in [0.25, 0.3) is 0 Å². The number of nitrogens with zero attached hydrogens (tertiary/aromatic N) is 4. The van der Waals surface area contributed by atoms with E-state index in [2.05, 4.69) is 117 Å². The van der Waals surface area contributed by atoms with Gasteiger partial charge in [0.1, 0.15) is 0 Å². The smallest absolute Gasteiger partial charge is 0.0950 e. The molecule has 7 rings (SSSR count). The van der Waals surface area contributed by atoms with Gasteiger partial charge in [0, 0.05) is 36.9 Å². The number of pyridine rings is 1. The first-order valence-electron chi connectivity index (χ1n) is 11.5. The van der Waals surface area contributed by atoms with Gasteiger partial charge < -0.3 is 9.80 Å². The molecule has 0 bridgehead atoms.